The van der Waals surface area contributed by atoms with Gasteiger partial charge in [-0.25, -0.2) is 0 Å². The molecule has 8 aromatic rings. The molecule has 0 amide bonds. The summed E-state index contributed by atoms with van der Waals surface area (Å²) in [5.41, 5.74) is 9.15. The summed E-state index contributed by atoms with van der Waals surface area (Å²) in [7, 11) is 1.81. The molecule has 0 atom stereocenters. The van der Waals surface area contributed by atoms with Gasteiger partial charge in [0.25, 0.3) is 0 Å². The minimum atomic E-state index is 0.921. The zero-order valence-corrected chi connectivity index (χ0v) is 26.2. The number of rotatable bonds is 6. The van der Waals surface area contributed by atoms with Gasteiger partial charge in [0.05, 0.1) is 0 Å². The average Bonchev–Trinajstić information content (AvgIpc) is 3.14. The number of aliphatic imine (C=N–C) groups is 2. The second-order valence-electron chi connectivity index (χ2n) is 11.8. The normalized spacial score (nSPS) is 12.1. The molecule has 0 bridgehead atoms. The van der Waals surface area contributed by atoms with Crippen LogP contribution in [0.2, 0.25) is 0 Å². The van der Waals surface area contributed by atoms with E-state index in [2.05, 4.69) is 168 Å². The van der Waals surface area contributed by atoms with E-state index in [4.69, 9.17) is 0 Å². The summed E-state index contributed by atoms with van der Waals surface area (Å²) in [6.07, 6.45) is 3.72. The van der Waals surface area contributed by atoms with Gasteiger partial charge in [-0.05, 0) is 101 Å². The van der Waals surface area contributed by atoms with Gasteiger partial charge in [0.2, 0.25) is 0 Å². The van der Waals surface area contributed by atoms with Crippen molar-refractivity contribution >= 4 is 61.6 Å². The van der Waals surface area contributed by atoms with Crippen molar-refractivity contribution in [3.63, 3.8) is 0 Å². The third-order valence-electron chi connectivity index (χ3n) is 9.16. The van der Waals surface area contributed by atoms with Crippen LogP contribution in [0, 0.1) is 0 Å². The van der Waals surface area contributed by atoms with Gasteiger partial charge < -0.3 is 0 Å². The third kappa shape index (κ3) is 4.92. The van der Waals surface area contributed by atoms with Crippen LogP contribution in [-0.4, -0.2) is 20.0 Å². The molecular weight excluding hydrogens is 569 g/mol. The van der Waals surface area contributed by atoms with Crippen LogP contribution in [0.1, 0.15) is 5.56 Å². The van der Waals surface area contributed by atoms with E-state index < -0.39 is 0 Å². The monoisotopic (exact) mass is 600 g/mol. The second kappa shape index (κ2) is 12.0. The summed E-state index contributed by atoms with van der Waals surface area (Å²) in [6.45, 7) is 3.83. The minimum absolute atomic E-state index is 0.921. The zero-order valence-electron chi connectivity index (χ0n) is 26.2. The van der Waals surface area contributed by atoms with E-state index in [1.165, 1.54) is 60.1 Å². The summed E-state index contributed by atoms with van der Waals surface area (Å²) < 4.78 is 0. The number of nitrogens with zero attached hydrogens (tertiary/aromatic N) is 2. The topological polar surface area (TPSA) is 24.7 Å². The molecule has 0 aromatic heterocycles. The number of benzene rings is 8. The SMILES string of the molecule is C=N/C=C(\C=NC)c1c2cc(-c3ccccc3)ccc2c(-c2cc3ccccc3c3ccccc23)c2cc(-c3ccccc3)ccc12. The number of allylic oxidation sites excluding steroid dienone is 1. The summed E-state index contributed by atoms with van der Waals surface area (Å²) in [6, 6.07) is 54.8. The van der Waals surface area contributed by atoms with Crippen molar-refractivity contribution < 1.29 is 0 Å². The first-order valence-electron chi connectivity index (χ1n) is 15.9. The lowest BCUT2D eigenvalue weighted by Crippen LogP contribution is -1.97. The van der Waals surface area contributed by atoms with Crippen molar-refractivity contribution in [3.8, 4) is 33.4 Å². The standard InChI is InChI=1S/C45H32N2/c1-46-28-35(29-47-2)44-39-23-21-33(31-15-7-4-8-16-31)26-43(39)45(40-24-22-32(25-42(40)44)30-13-5-3-6-14-30)41-27-34-17-9-10-18-36(34)37-19-11-12-20-38(37)41/h3-29H,1H2,2H3/b35-28+,47-29?. The molecule has 8 aromatic carbocycles. The van der Waals surface area contributed by atoms with Gasteiger partial charge in [0.1, 0.15) is 0 Å². The van der Waals surface area contributed by atoms with Crippen LogP contribution in [0.15, 0.2) is 168 Å². The molecule has 0 aliphatic rings. The predicted octanol–water partition coefficient (Wildman–Crippen LogP) is 12.0. The van der Waals surface area contributed by atoms with Gasteiger partial charge in [0, 0.05) is 30.6 Å². The Morgan fingerprint density at radius 2 is 1.06 bits per heavy atom. The first-order valence-corrected chi connectivity index (χ1v) is 15.9. The lowest BCUT2D eigenvalue weighted by Gasteiger charge is -2.21. The molecule has 8 rings (SSSR count). The summed E-state index contributed by atoms with van der Waals surface area (Å²) in [5, 5.41) is 9.62. The van der Waals surface area contributed by atoms with Crippen molar-refractivity contribution in [1.82, 2.24) is 0 Å². The van der Waals surface area contributed by atoms with Crippen LogP contribution >= 0.6 is 0 Å². The molecule has 0 N–H and O–H groups in total. The van der Waals surface area contributed by atoms with E-state index >= 15 is 0 Å². The molecule has 0 fully saturated rings. The molecule has 47 heavy (non-hydrogen) atoms. The van der Waals surface area contributed by atoms with Gasteiger partial charge >= 0.3 is 0 Å². The zero-order chi connectivity index (χ0) is 31.7. The predicted molar refractivity (Wildman–Crippen MR) is 205 cm³/mol. The Bertz CT molecular complexity index is 2520. The molecule has 2 heteroatoms. The van der Waals surface area contributed by atoms with Gasteiger partial charge in [0.15, 0.2) is 0 Å². The van der Waals surface area contributed by atoms with E-state index in [1.54, 1.807) is 7.05 Å². The highest BCUT2D eigenvalue weighted by Gasteiger charge is 2.21. The van der Waals surface area contributed by atoms with Crippen LogP contribution in [0.3, 0.4) is 0 Å². The molecule has 2 nitrogen and oxygen atoms in total. The fourth-order valence-corrected chi connectivity index (χ4v) is 7.11. The van der Waals surface area contributed by atoms with Crippen molar-refractivity contribution in [1.29, 1.82) is 0 Å². The average molecular weight is 601 g/mol. The highest BCUT2D eigenvalue weighted by Crippen LogP contribution is 2.47. The molecule has 0 aliphatic carbocycles. The van der Waals surface area contributed by atoms with Crippen molar-refractivity contribution in [2.24, 2.45) is 9.98 Å². The maximum absolute atomic E-state index is 4.46. The Hall–Kier alpha value is -6.12. The van der Waals surface area contributed by atoms with E-state index in [0.717, 1.165) is 27.5 Å². The Labute approximate surface area is 274 Å². The minimum Gasteiger partial charge on any atom is -0.296 e. The van der Waals surface area contributed by atoms with Crippen LogP contribution < -0.4 is 0 Å². The first-order chi connectivity index (χ1) is 23.2. The van der Waals surface area contributed by atoms with Crippen LogP contribution in [0.5, 0.6) is 0 Å². The number of hydrogen-bond acceptors (Lipinski definition) is 2. The Morgan fingerprint density at radius 1 is 0.489 bits per heavy atom. The quantitative estimate of drug-likeness (QED) is 0.103. The molecule has 0 spiro atoms. The highest BCUT2D eigenvalue weighted by atomic mass is 14.7. The lowest BCUT2D eigenvalue weighted by molar-refractivity contribution is 1.47. The Kier molecular flexibility index (Phi) is 7.24. The molecule has 222 valence electrons. The van der Waals surface area contributed by atoms with Crippen molar-refractivity contribution in [2.45, 2.75) is 0 Å². The van der Waals surface area contributed by atoms with E-state index in [9.17, 15) is 0 Å². The molecular formula is C45H32N2. The fourth-order valence-electron chi connectivity index (χ4n) is 7.11. The lowest BCUT2D eigenvalue weighted by atomic mass is 9.82. The van der Waals surface area contributed by atoms with Gasteiger partial charge in [-0.3, -0.25) is 9.98 Å². The van der Waals surface area contributed by atoms with Gasteiger partial charge in [-0.2, -0.15) is 0 Å². The van der Waals surface area contributed by atoms with E-state index in [-0.39, 0.29) is 0 Å². The molecule has 0 unspecified atom stereocenters. The molecule has 0 saturated carbocycles. The summed E-state index contributed by atoms with van der Waals surface area (Å²) >= 11 is 0. The van der Waals surface area contributed by atoms with Gasteiger partial charge in [-0.1, -0.05) is 133 Å². The summed E-state index contributed by atoms with van der Waals surface area (Å²) in [4.78, 5) is 8.71. The van der Waals surface area contributed by atoms with E-state index in [1.807, 2.05) is 12.4 Å². The molecule has 0 radical (unpaired) electrons. The second-order valence-corrected chi connectivity index (χ2v) is 11.8. The van der Waals surface area contributed by atoms with Gasteiger partial charge in [-0.15, -0.1) is 0 Å². The molecule has 0 heterocycles. The summed E-state index contributed by atoms with van der Waals surface area (Å²) in [5.74, 6) is 0. The van der Waals surface area contributed by atoms with Crippen molar-refractivity contribution in [2.75, 3.05) is 7.05 Å². The Morgan fingerprint density at radius 3 is 1.72 bits per heavy atom. The smallest absolute Gasteiger partial charge is 0.0354 e. The Balaban J connectivity index is 1.60. The van der Waals surface area contributed by atoms with Crippen LogP contribution in [-0.2, 0) is 0 Å². The maximum Gasteiger partial charge on any atom is 0.0354 e. The fraction of sp³-hybridized carbons (Fsp3) is 0.0222. The highest BCUT2D eigenvalue weighted by molar-refractivity contribution is 6.28. The third-order valence-corrected chi connectivity index (χ3v) is 9.16. The van der Waals surface area contributed by atoms with Crippen LogP contribution in [0.25, 0.3) is 82.0 Å². The largest absolute Gasteiger partial charge is 0.296 e. The first kappa shape index (κ1) is 28.4. The number of fused-ring (bicyclic) bond motifs is 5. The van der Waals surface area contributed by atoms with E-state index in [0.29, 0.717) is 0 Å². The number of hydrogen-bond donors (Lipinski definition) is 0. The van der Waals surface area contributed by atoms with Crippen molar-refractivity contribution in [3.05, 3.63) is 163 Å². The molecule has 0 saturated heterocycles. The molecule has 0 aliphatic heterocycles. The van der Waals surface area contributed by atoms with Crippen LogP contribution in [0.4, 0.5) is 0 Å². The maximum atomic E-state index is 4.46.